The minimum atomic E-state index is 0.500. The summed E-state index contributed by atoms with van der Waals surface area (Å²) in [6, 6.07) is 0. The number of allylic oxidation sites excluding steroid dienone is 4. The molecule has 1 rings (SSSR count). The van der Waals surface area contributed by atoms with Gasteiger partial charge < -0.3 is 0 Å². The van der Waals surface area contributed by atoms with Gasteiger partial charge in [0.25, 0.3) is 0 Å². The Morgan fingerprint density at radius 3 is 1.62 bits per heavy atom. The number of hydrogen-bond donors (Lipinski definition) is 0. The molecule has 0 saturated heterocycles. The summed E-state index contributed by atoms with van der Waals surface area (Å²) in [5.74, 6) is 0. The Bertz CT molecular complexity index is 95.1. The van der Waals surface area contributed by atoms with Crippen LogP contribution in [0.2, 0.25) is 0 Å². The van der Waals surface area contributed by atoms with E-state index >= 15 is 0 Å². The quantitative estimate of drug-likeness (QED) is 0.372. The first-order valence-corrected chi connectivity index (χ1v) is 2.74. The molecule has 1 aliphatic carbocycles. The van der Waals surface area contributed by atoms with Gasteiger partial charge in [0, 0.05) is 6.42 Å². The van der Waals surface area contributed by atoms with Crippen LogP contribution in [-0.4, -0.2) is 5.18 Å². The Balaban J connectivity index is 0.000000145. The molecular formula is C6H6FeO. The van der Waals surface area contributed by atoms with Crippen molar-refractivity contribution >= 4 is 5.18 Å². The third-order valence-corrected chi connectivity index (χ3v) is 0.556. The second kappa shape index (κ2) is 6.67. The second-order valence-electron chi connectivity index (χ2n) is 1.05. The van der Waals surface area contributed by atoms with Crippen LogP contribution in [0.5, 0.6) is 0 Å². The van der Waals surface area contributed by atoms with E-state index in [1.54, 1.807) is 0 Å². The SMILES string of the molecule is O=[CH][Fe].[CH]1C=CC=C1. The van der Waals surface area contributed by atoms with Gasteiger partial charge in [0.2, 0.25) is 0 Å². The van der Waals surface area contributed by atoms with Crippen molar-refractivity contribution in [3.8, 4) is 0 Å². The molecule has 0 fully saturated rings. The van der Waals surface area contributed by atoms with Gasteiger partial charge in [-0.2, -0.15) is 0 Å². The van der Waals surface area contributed by atoms with Crippen LogP contribution < -0.4 is 0 Å². The summed E-state index contributed by atoms with van der Waals surface area (Å²) < 4.78 is 0. The third-order valence-electron chi connectivity index (χ3n) is 0.556. The fourth-order valence-corrected chi connectivity index (χ4v) is 0.321. The smallest absolute Gasteiger partial charge is 0.00506 e. The summed E-state index contributed by atoms with van der Waals surface area (Å²) in [5.41, 5.74) is 0. The van der Waals surface area contributed by atoms with E-state index in [4.69, 9.17) is 4.79 Å². The molecule has 0 aromatic rings. The maximum atomic E-state index is 8.69. The summed E-state index contributed by atoms with van der Waals surface area (Å²) in [7, 11) is 0. The fourth-order valence-electron chi connectivity index (χ4n) is 0.321. The van der Waals surface area contributed by atoms with Gasteiger partial charge in [0.1, 0.15) is 0 Å². The van der Waals surface area contributed by atoms with Gasteiger partial charge in [-0.05, 0) is 0 Å². The molecule has 44 valence electrons. The van der Waals surface area contributed by atoms with Crippen molar-refractivity contribution in [1.82, 2.24) is 0 Å². The van der Waals surface area contributed by atoms with E-state index in [2.05, 4.69) is 16.0 Å². The van der Waals surface area contributed by atoms with Gasteiger partial charge in [-0.3, -0.25) is 0 Å². The average molecular weight is 150 g/mol. The van der Waals surface area contributed by atoms with Crippen molar-refractivity contribution in [2.75, 3.05) is 0 Å². The Labute approximate surface area is 57.3 Å². The molecule has 0 aromatic heterocycles. The number of rotatable bonds is 0. The van der Waals surface area contributed by atoms with Crippen LogP contribution in [-0.2, 0) is 20.8 Å². The van der Waals surface area contributed by atoms with E-state index in [0.717, 1.165) is 0 Å². The predicted molar refractivity (Wildman–Crippen MR) is 29.3 cm³/mol. The maximum Gasteiger partial charge on any atom is 0.00506 e. The molecular weight excluding hydrogens is 144 g/mol. The summed E-state index contributed by atoms with van der Waals surface area (Å²) in [6.45, 7) is 0. The number of carbonyl (C=O) groups is 1. The molecule has 0 unspecified atom stereocenters. The molecule has 1 radical (unpaired) electrons. The Morgan fingerprint density at radius 1 is 1.12 bits per heavy atom. The molecule has 1 nitrogen and oxygen atoms in total. The molecule has 0 spiro atoms. The Kier molecular flexibility index (Phi) is 6.39. The summed E-state index contributed by atoms with van der Waals surface area (Å²) in [5, 5.41) is 0.500. The first-order chi connectivity index (χ1) is 3.91. The largest absolute Gasteiger partial charge is 0.0767 e. The molecule has 0 aromatic carbocycles. The fraction of sp³-hybridized carbons (Fsp3) is 0. The summed E-state index contributed by atoms with van der Waals surface area (Å²) in [4.78, 5) is 8.69. The molecule has 0 heterocycles. The van der Waals surface area contributed by atoms with Crippen molar-refractivity contribution in [2.24, 2.45) is 0 Å². The molecule has 0 atom stereocenters. The molecule has 0 amide bonds. The zero-order valence-corrected chi connectivity index (χ0v) is 5.33. The zero-order chi connectivity index (χ0) is 6.24. The van der Waals surface area contributed by atoms with Crippen molar-refractivity contribution in [1.29, 1.82) is 0 Å². The third kappa shape index (κ3) is 5.67. The van der Waals surface area contributed by atoms with E-state index in [-0.39, 0.29) is 0 Å². The molecule has 1 aliphatic rings. The van der Waals surface area contributed by atoms with E-state index in [9.17, 15) is 0 Å². The number of hydrogen-bond acceptors (Lipinski definition) is 1. The monoisotopic (exact) mass is 150 g/mol. The minimum absolute atomic E-state index is 0.500. The molecule has 0 bridgehead atoms. The van der Waals surface area contributed by atoms with Gasteiger partial charge in [-0.25, -0.2) is 0 Å². The van der Waals surface area contributed by atoms with Crippen molar-refractivity contribution < 1.29 is 20.8 Å². The van der Waals surface area contributed by atoms with Crippen LogP contribution in [0.25, 0.3) is 0 Å². The van der Waals surface area contributed by atoms with E-state index in [1.165, 1.54) is 0 Å². The zero-order valence-electron chi connectivity index (χ0n) is 4.23. The van der Waals surface area contributed by atoms with E-state index in [0.29, 0.717) is 5.18 Å². The van der Waals surface area contributed by atoms with Gasteiger partial charge >= 0.3 is 26.0 Å². The van der Waals surface area contributed by atoms with Crippen LogP contribution in [0.1, 0.15) is 0 Å². The average Bonchev–Trinajstić information content (AvgIpc) is 2.17. The minimum Gasteiger partial charge on any atom is -0.0767 e. The second-order valence-corrected chi connectivity index (χ2v) is 1.31. The van der Waals surface area contributed by atoms with Gasteiger partial charge in [-0.15, -0.1) is 0 Å². The Hall–Kier alpha value is -0.331. The first kappa shape index (κ1) is 7.67. The normalized spacial score (nSPS) is 12.6. The molecule has 8 heavy (non-hydrogen) atoms. The van der Waals surface area contributed by atoms with Crippen molar-refractivity contribution in [3.05, 3.63) is 30.7 Å². The van der Waals surface area contributed by atoms with Crippen LogP contribution in [0.4, 0.5) is 0 Å². The predicted octanol–water partition coefficient (Wildman–Crippen LogP) is 1.04. The molecule has 0 saturated carbocycles. The molecule has 0 aliphatic heterocycles. The summed E-state index contributed by atoms with van der Waals surface area (Å²) in [6.07, 6.45) is 10.0. The van der Waals surface area contributed by atoms with Gasteiger partial charge in [0.15, 0.2) is 0 Å². The molecule has 0 N–H and O–H groups in total. The van der Waals surface area contributed by atoms with Crippen LogP contribution in [0, 0.1) is 6.42 Å². The van der Waals surface area contributed by atoms with Gasteiger partial charge in [0.05, 0.1) is 0 Å². The number of carbonyl (C=O) groups excluding carboxylic acids is 1. The van der Waals surface area contributed by atoms with Crippen LogP contribution in [0.15, 0.2) is 24.3 Å². The standard InChI is InChI=1S/C5H5.CHO.Fe/c1-2-4-5-3-1;1-2;/h1-5H;1H;. The topological polar surface area (TPSA) is 17.1 Å². The van der Waals surface area contributed by atoms with Crippen LogP contribution >= 0.6 is 0 Å². The molecule has 2 heteroatoms. The van der Waals surface area contributed by atoms with E-state index in [1.807, 2.05) is 30.7 Å². The van der Waals surface area contributed by atoms with Crippen molar-refractivity contribution in [2.45, 2.75) is 0 Å². The van der Waals surface area contributed by atoms with Crippen LogP contribution in [0.3, 0.4) is 0 Å². The van der Waals surface area contributed by atoms with Gasteiger partial charge in [-0.1, -0.05) is 24.3 Å². The first-order valence-electron chi connectivity index (χ1n) is 2.11. The maximum absolute atomic E-state index is 8.69. The van der Waals surface area contributed by atoms with E-state index < -0.39 is 0 Å². The summed E-state index contributed by atoms with van der Waals surface area (Å²) >= 11 is 2.81. The Morgan fingerprint density at radius 2 is 1.50 bits per heavy atom. The van der Waals surface area contributed by atoms with Crippen molar-refractivity contribution in [3.63, 3.8) is 0 Å².